The molecule has 0 aromatic heterocycles. The van der Waals surface area contributed by atoms with Gasteiger partial charge in [0.1, 0.15) is 12.4 Å². The third-order valence-electron chi connectivity index (χ3n) is 2.73. The van der Waals surface area contributed by atoms with Crippen LogP contribution in [0.1, 0.15) is 0 Å². The van der Waals surface area contributed by atoms with Crippen molar-refractivity contribution in [3.05, 3.63) is 48.5 Å². The highest BCUT2D eigenvalue weighted by molar-refractivity contribution is 7.85. The largest absolute Gasteiger partial charge is 0.492 e. The topological polar surface area (TPSA) is 89.6 Å². The SMILES string of the molecule is NCCOc1ccc(-c2ccc(S(=O)(=O)O)cc2)cc1. The lowest BCUT2D eigenvalue weighted by Crippen LogP contribution is -2.10. The van der Waals surface area contributed by atoms with E-state index in [0.717, 1.165) is 16.9 Å². The third-order valence-corrected chi connectivity index (χ3v) is 3.59. The van der Waals surface area contributed by atoms with Crippen LogP contribution in [0, 0.1) is 0 Å². The Kier molecular flexibility index (Phi) is 4.39. The lowest BCUT2D eigenvalue weighted by atomic mass is 10.1. The number of nitrogens with two attached hydrogens (primary N) is 1. The van der Waals surface area contributed by atoms with E-state index in [2.05, 4.69) is 0 Å². The predicted molar refractivity (Wildman–Crippen MR) is 76.2 cm³/mol. The monoisotopic (exact) mass is 293 g/mol. The van der Waals surface area contributed by atoms with Crippen molar-refractivity contribution >= 4 is 10.1 Å². The first-order valence-corrected chi connectivity index (χ1v) is 7.45. The first kappa shape index (κ1) is 14.5. The van der Waals surface area contributed by atoms with Crippen LogP contribution < -0.4 is 10.5 Å². The summed E-state index contributed by atoms with van der Waals surface area (Å²) in [4.78, 5) is -0.121. The van der Waals surface area contributed by atoms with Gasteiger partial charge in [-0.25, -0.2) is 0 Å². The van der Waals surface area contributed by atoms with Gasteiger partial charge < -0.3 is 10.5 Å². The Balaban J connectivity index is 2.19. The molecule has 0 saturated heterocycles. The van der Waals surface area contributed by atoms with Crippen molar-refractivity contribution < 1.29 is 17.7 Å². The summed E-state index contributed by atoms with van der Waals surface area (Å²) in [6, 6.07) is 13.4. The Hall–Kier alpha value is -1.89. The van der Waals surface area contributed by atoms with Crippen LogP contribution in [0.5, 0.6) is 5.75 Å². The van der Waals surface area contributed by atoms with Gasteiger partial charge in [0.2, 0.25) is 0 Å². The molecule has 2 rings (SSSR count). The molecular weight excluding hydrogens is 278 g/mol. The zero-order valence-electron chi connectivity index (χ0n) is 10.7. The van der Waals surface area contributed by atoms with Gasteiger partial charge in [0, 0.05) is 6.54 Å². The van der Waals surface area contributed by atoms with Crippen LogP contribution in [0.4, 0.5) is 0 Å². The van der Waals surface area contributed by atoms with E-state index in [9.17, 15) is 8.42 Å². The van der Waals surface area contributed by atoms with E-state index in [1.807, 2.05) is 24.3 Å². The van der Waals surface area contributed by atoms with E-state index in [4.69, 9.17) is 15.0 Å². The minimum Gasteiger partial charge on any atom is -0.492 e. The second-order valence-corrected chi connectivity index (χ2v) is 5.58. The molecule has 0 aliphatic carbocycles. The minimum atomic E-state index is -4.15. The summed E-state index contributed by atoms with van der Waals surface area (Å²) in [6.45, 7) is 0.918. The Morgan fingerprint density at radius 1 is 0.950 bits per heavy atom. The fourth-order valence-corrected chi connectivity index (χ4v) is 2.22. The molecule has 2 aromatic rings. The highest BCUT2D eigenvalue weighted by Crippen LogP contribution is 2.23. The van der Waals surface area contributed by atoms with Crippen LogP contribution in [0.25, 0.3) is 11.1 Å². The Morgan fingerprint density at radius 3 is 1.90 bits per heavy atom. The van der Waals surface area contributed by atoms with Gasteiger partial charge in [0.25, 0.3) is 10.1 Å². The summed E-state index contributed by atoms with van der Waals surface area (Å²) in [7, 11) is -4.15. The summed E-state index contributed by atoms with van der Waals surface area (Å²) in [5.41, 5.74) is 7.12. The molecule has 0 aliphatic rings. The minimum absolute atomic E-state index is 0.121. The average molecular weight is 293 g/mol. The predicted octanol–water partition coefficient (Wildman–Crippen LogP) is 1.94. The quantitative estimate of drug-likeness (QED) is 0.822. The first-order chi connectivity index (χ1) is 9.50. The van der Waals surface area contributed by atoms with Gasteiger partial charge in [0.05, 0.1) is 4.90 Å². The fraction of sp³-hybridized carbons (Fsp3) is 0.143. The van der Waals surface area contributed by atoms with Crippen LogP contribution >= 0.6 is 0 Å². The molecule has 0 bridgehead atoms. The normalized spacial score (nSPS) is 11.3. The third kappa shape index (κ3) is 3.57. The molecule has 3 N–H and O–H groups in total. The molecule has 0 saturated carbocycles. The van der Waals surface area contributed by atoms with Crippen LogP contribution in [0.2, 0.25) is 0 Å². The smallest absolute Gasteiger partial charge is 0.294 e. The molecule has 0 aliphatic heterocycles. The summed E-state index contributed by atoms with van der Waals surface area (Å²) in [6.07, 6.45) is 0. The maximum atomic E-state index is 11.0. The van der Waals surface area contributed by atoms with Crippen molar-refractivity contribution in [1.29, 1.82) is 0 Å². The number of benzene rings is 2. The van der Waals surface area contributed by atoms with E-state index >= 15 is 0 Å². The van der Waals surface area contributed by atoms with Crippen molar-refractivity contribution in [1.82, 2.24) is 0 Å². The van der Waals surface area contributed by atoms with Gasteiger partial charge in [-0.05, 0) is 35.4 Å². The molecule has 6 heteroatoms. The van der Waals surface area contributed by atoms with Gasteiger partial charge in [-0.3, -0.25) is 4.55 Å². The number of rotatable bonds is 5. The van der Waals surface area contributed by atoms with Crippen molar-refractivity contribution in [2.45, 2.75) is 4.90 Å². The lowest BCUT2D eigenvalue weighted by Gasteiger charge is -2.06. The average Bonchev–Trinajstić information content (AvgIpc) is 2.45. The number of hydrogen-bond donors (Lipinski definition) is 2. The van der Waals surface area contributed by atoms with Gasteiger partial charge in [-0.1, -0.05) is 24.3 Å². The maximum Gasteiger partial charge on any atom is 0.294 e. The highest BCUT2D eigenvalue weighted by atomic mass is 32.2. The lowest BCUT2D eigenvalue weighted by molar-refractivity contribution is 0.328. The summed E-state index contributed by atoms with van der Waals surface area (Å²) >= 11 is 0. The van der Waals surface area contributed by atoms with Crippen LogP contribution in [0.15, 0.2) is 53.4 Å². The van der Waals surface area contributed by atoms with Gasteiger partial charge in [-0.15, -0.1) is 0 Å². The van der Waals surface area contributed by atoms with Crippen molar-refractivity contribution in [2.24, 2.45) is 5.73 Å². The van der Waals surface area contributed by atoms with Crippen molar-refractivity contribution in [2.75, 3.05) is 13.2 Å². The fourth-order valence-electron chi connectivity index (χ4n) is 1.74. The molecule has 0 amide bonds. The zero-order valence-corrected chi connectivity index (χ0v) is 11.5. The Bertz CT molecular complexity index is 663. The highest BCUT2D eigenvalue weighted by Gasteiger charge is 2.08. The molecule has 0 unspecified atom stereocenters. The second-order valence-electron chi connectivity index (χ2n) is 4.16. The summed E-state index contributed by atoms with van der Waals surface area (Å²) < 4.78 is 36.2. The van der Waals surface area contributed by atoms with Crippen LogP contribution in [0.3, 0.4) is 0 Å². The van der Waals surface area contributed by atoms with E-state index in [-0.39, 0.29) is 4.90 Å². The maximum absolute atomic E-state index is 11.0. The van der Waals surface area contributed by atoms with E-state index in [0.29, 0.717) is 13.2 Å². The molecule has 5 nitrogen and oxygen atoms in total. The Labute approximate surface area is 117 Å². The molecular formula is C14H15NO4S. The molecule has 20 heavy (non-hydrogen) atoms. The molecule has 0 fully saturated rings. The zero-order chi connectivity index (χ0) is 14.6. The van der Waals surface area contributed by atoms with Crippen LogP contribution in [-0.4, -0.2) is 26.1 Å². The molecule has 0 heterocycles. The van der Waals surface area contributed by atoms with Crippen molar-refractivity contribution in [3.63, 3.8) is 0 Å². The molecule has 0 radical (unpaired) electrons. The molecule has 106 valence electrons. The Morgan fingerprint density at radius 2 is 1.45 bits per heavy atom. The summed E-state index contributed by atoms with van der Waals surface area (Å²) in [5, 5.41) is 0. The summed E-state index contributed by atoms with van der Waals surface area (Å²) in [5.74, 6) is 0.730. The van der Waals surface area contributed by atoms with E-state index in [1.54, 1.807) is 12.1 Å². The molecule has 0 atom stereocenters. The van der Waals surface area contributed by atoms with E-state index in [1.165, 1.54) is 12.1 Å². The number of hydrogen-bond acceptors (Lipinski definition) is 4. The molecule has 2 aromatic carbocycles. The second kappa shape index (κ2) is 6.04. The standard InChI is InChI=1S/C14H15NO4S/c15-9-10-19-13-5-1-11(2-6-13)12-3-7-14(8-4-12)20(16,17)18/h1-8H,9-10,15H2,(H,16,17,18). The van der Waals surface area contributed by atoms with Crippen LogP contribution in [-0.2, 0) is 10.1 Å². The number of ether oxygens (including phenoxy) is 1. The molecule has 0 spiro atoms. The van der Waals surface area contributed by atoms with Gasteiger partial charge in [-0.2, -0.15) is 8.42 Å². The van der Waals surface area contributed by atoms with Gasteiger partial charge >= 0.3 is 0 Å². The van der Waals surface area contributed by atoms with Gasteiger partial charge in [0.15, 0.2) is 0 Å². The first-order valence-electron chi connectivity index (χ1n) is 6.01. The van der Waals surface area contributed by atoms with Crippen molar-refractivity contribution in [3.8, 4) is 16.9 Å². The van der Waals surface area contributed by atoms with E-state index < -0.39 is 10.1 Å².